The van der Waals surface area contributed by atoms with Gasteiger partial charge in [-0.05, 0) is 31.2 Å². The number of phenols is 1. The third-order valence-corrected chi connectivity index (χ3v) is 4.49. The van der Waals surface area contributed by atoms with E-state index in [1.807, 2.05) is 66.2 Å². The Kier molecular flexibility index (Phi) is 6.96. The quantitative estimate of drug-likeness (QED) is 0.315. The van der Waals surface area contributed by atoms with Gasteiger partial charge in [0.25, 0.3) is 11.4 Å². The van der Waals surface area contributed by atoms with Crippen LogP contribution in [0.4, 0.5) is 17.1 Å². The van der Waals surface area contributed by atoms with Gasteiger partial charge in [0.05, 0.1) is 39.2 Å². The van der Waals surface area contributed by atoms with Crippen LogP contribution in [-0.4, -0.2) is 35.9 Å². The molecule has 2 aromatic carbocycles. The van der Waals surface area contributed by atoms with Crippen LogP contribution in [0.1, 0.15) is 6.92 Å². The first-order chi connectivity index (χ1) is 16.2. The van der Waals surface area contributed by atoms with E-state index in [0.29, 0.717) is 18.7 Å². The number of non-ortho nitro benzene ring substituents is 1. The number of nitro benzene ring substituents is 3. The minimum Gasteiger partial charge on any atom is -0.497 e. The Balaban J connectivity index is 0.000000192. The van der Waals surface area contributed by atoms with Crippen LogP contribution in [-0.2, 0) is 0 Å². The van der Waals surface area contributed by atoms with Crippen molar-refractivity contribution < 1.29 is 24.6 Å². The van der Waals surface area contributed by atoms with Crippen molar-refractivity contribution in [3.05, 3.63) is 97.3 Å². The van der Waals surface area contributed by atoms with Crippen LogP contribution in [0.5, 0.6) is 11.5 Å². The van der Waals surface area contributed by atoms with Crippen LogP contribution >= 0.6 is 0 Å². The lowest BCUT2D eigenvalue weighted by Crippen LogP contribution is -1.97. The number of phenolic OH excluding ortho intramolecular Hbond substituents is 1. The number of nitrogens with zero attached hydrogens (tertiary/aromatic N) is 5. The zero-order chi connectivity index (χ0) is 24.8. The molecule has 34 heavy (non-hydrogen) atoms. The van der Waals surface area contributed by atoms with Crippen LogP contribution in [0, 0.1) is 30.3 Å². The summed E-state index contributed by atoms with van der Waals surface area (Å²) in [7, 11) is 0. The smallest absolute Gasteiger partial charge is 0.324 e. The van der Waals surface area contributed by atoms with Crippen molar-refractivity contribution in [2.75, 3.05) is 6.61 Å². The molecular formula is C21H17N5O8. The van der Waals surface area contributed by atoms with Gasteiger partial charge in [-0.1, -0.05) is 18.2 Å². The lowest BCUT2D eigenvalue weighted by molar-refractivity contribution is -0.404. The molecule has 13 heteroatoms. The minimum absolute atomic E-state index is 0.447. The van der Waals surface area contributed by atoms with Crippen molar-refractivity contribution in [1.82, 2.24) is 9.38 Å². The Morgan fingerprint density at radius 3 is 2.12 bits per heavy atom. The Bertz CT molecular complexity index is 1320. The normalized spacial score (nSPS) is 10.3. The predicted octanol–water partition coefficient (Wildman–Crippen LogP) is 4.52. The highest BCUT2D eigenvalue weighted by atomic mass is 16.6. The van der Waals surface area contributed by atoms with E-state index < -0.39 is 37.6 Å². The van der Waals surface area contributed by atoms with E-state index in [2.05, 4.69) is 4.98 Å². The third-order valence-electron chi connectivity index (χ3n) is 4.49. The monoisotopic (exact) mass is 467 g/mol. The van der Waals surface area contributed by atoms with Crippen LogP contribution in [0.3, 0.4) is 0 Å². The molecule has 0 unspecified atom stereocenters. The summed E-state index contributed by atoms with van der Waals surface area (Å²) in [5.41, 5.74) is -0.0925. The number of benzene rings is 2. The summed E-state index contributed by atoms with van der Waals surface area (Å²) >= 11 is 0. The van der Waals surface area contributed by atoms with Crippen molar-refractivity contribution in [3.63, 3.8) is 0 Å². The van der Waals surface area contributed by atoms with E-state index in [4.69, 9.17) is 9.84 Å². The molecule has 0 aliphatic rings. The molecule has 0 amide bonds. The Labute approximate surface area is 190 Å². The second-order valence-corrected chi connectivity index (χ2v) is 6.63. The van der Waals surface area contributed by atoms with Crippen molar-refractivity contribution in [1.29, 1.82) is 0 Å². The van der Waals surface area contributed by atoms with Gasteiger partial charge < -0.3 is 14.2 Å². The molecule has 0 fully saturated rings. The molecule has 4 aromatic rings. The molecule has 0 radical (unpaired) electrons. The molecule has 4 rings (SSSR count). The minimum atomic E-state index is -1.21. The van der Waals surface area contributed by atoms with Crippen LogP contribution in [0.15, 0.2) is 67.0 Å². The topological polar surface area (TPSA) is 176 Å². The zero-order valence-corrected chi connectivity index (χ0v) is 17.6. The molecule has 174 valence electrons. The van der Waals surface area contributed by atoms with Gasteiger partial charge in [-0.25, -0.2) is 4.98 Å². The Morgan fingerprint density at radius 2 is 1.56 bits per heavy atom. The number of ether oxygens (including phenoxy) is 1. The van der Waals surface area contributed by atoms with Crippen molar-refractivity contribution in [2.24, 2.45) is 0 Å². The van der Waals surface area contributed by atoms with E-state index in [1.54, 1.807) is 0 Å². The highest BCUT2D eigenvalue weighted by Crippen LogP contribution is 2.39. The summed E-state index contributed by atoms with van der Waals surface area (Å²) < 4.78 is 7.65. The van der Waals surface area contributed by atoms with Gasteiger partial charge in [0.2, 0.25) is 0 Å². The number of fused-ring (bicyclic) bond motifs is 1. The van der Waals surface area contributed by atoms with Gasteiger partial charge >= 0.3 is 11.4 Å². The molecule has 2 aromatic heterocycles. The fourth-order valence-electron chi connectivity index (χ4n) is 3.00. The van der Waals surface area contributed by atoms with Gasteiger partial charge in [0.15, 0.2) is 0 Å². The lowest BCUT2D eigenvalue weighted by atomic mass is 10.1. The van der Waals surface area contributed by atoms with Crippen molar-refractivity contribution in [3.8, 4) is 22.8 Å². The summed E-state index contributed by atoms with van der Waals surface area (Å²) in [5.74, 6) is -0.330. The highest BCUT2D eigenvalue weighted by Gasteiger charge is 2.30. The predicted molar refractivity (Wildman–Crippen MR) is 120 cm³/mol. The number of para-hydroxylation sites is 1. The zero-order valence-electron chi connectivity index (χ0n) is 17.6. The number of imidazole rings is 1. The molecule has 13 nitrogen and oxygen atoms in total. The number of nitro groups is 3. The van der Waals surface area contributed by atoms with E-state index in [9.17, 15) is 30.3 Å². The summed E-state index contributed by atoms with van der Waals surface area (Å²) in [6.07, 6.45) is 4.02. The van der Waals surface area contributed by atoms with Crippen molar-refractivity contribution in [2.45, 2.75) is 6.92 Å². The van der Waals surface area contributed by atoms with Gasteiger partial charge in [0.1, 0.15) is 11.4 Å². The van der Waals surface area contributed by atoms with Crippen LogP contribution in [0.2, 0.25) is 0 Å². The number of pyridine rings is 1. The SMILES string of the molecule is CCOc1ccccc1-c1cn2ccccc2n1.O=[N+]([O-])c1cc([N+](=O)[O-])c(O)c([N+](=O)[O-])c1. The third kappa shape index (κ3) is 5.04. The first-order valence-electron chi connectivity index (χ1n) is 9.69. The lowest BCUT2D eigenvalue weighted by Gasteiger charge is -2.07. The number of hydrogen-bond donors (Lipinski definition) is 1. The summed E-state index contributed by atoms with van der Waals surface area (Å²) in [6, 6.07) is 14.9. The van der Waals surface area contributed by atoms with E-state index in [-0.39, 0.29) is 0 Å². The average molecular weight is 467 g/mol. The molecule has 0 saturated carbocycles. The standard InChI is InChI=1S/C15H14N2O.C6H3N3O7/c1-2-18-14-8-4-3-7-12(14)13-11-17-10-6-5-9-15(17)16-13;10-6-4(8(13)14)1-3(7(11)12)2-5(6)9(15)16/h3-11H,2H2,1H3;1-2,10H. The molecule has 0 aliphatic heterocycles. The maximum atomic E-state index is 10.4. The number of aromatic nitrogens is 2. The first kappa shape index (κ1) is 23.6. The van der Waals surface area contributed by atoms with Gasteiger partial charge in [-0.2, -0.15) is 0 Å². The Hall–Kier alpha value is -5.07. The molecule has 0 atom stereocenters. The number of rotatable bonds is 6. The van der Waals surface area contributed by atoms with Gasteiger partial charge in [-0.3, -0.25) is 30.3 Å². The largest absolute Gasteiger partial charge is 0.497 e. The fourth-order valence-corrected chi connectivity index (χ4v) is 3.00. The first-order valence-corrected chi connectivity index (χ1v) is 9.69. The van der Waals surface area contributed by atoms with E-state index >= 15 is 0 Å². The van der Waals surface area contributed by atoms with Crippen LogP contribution < -0.4 is 4.74 Å². The van der Waals surface area contributed by atoms with Crippen molar-refractivity contribution >= 4 is 22.7 Å². The molecule has 2 heterocycles. The summed E-state index contributed by atoms with van der Waals surface area (Å²) in [5, 5.41) is 40.2. The molecule has 1 N–H and O–H groups in total. The maximum absolute atomic E-state index is 10.4. The molecule has 0 aliphatic carbocycles. The number of aromatic hydroxyl groups is 1. The van der Waals surface area contributed by atoms with Gasteiger partial charge in [-0.15, -0.1) is 0 Å². The molecule has 0 bridgehead atoms. The highest BCUT2D eigenvalue weighted by molar-refractivity contribution is 5.69. The van der Waals surface area contributed by atoms with E-state index in [0.717, 1.165) is 22.7 Å². The molecular weight excluding hydrogens is 450 g/mol. The molecule has 0 saturated heterocycles. The summed E-state index contributed by atoms with van der Waals surface area (Å²) in [4.78, 5) is 32.4. The summed E-state index contributed by atoms with van der Waals surface area (Å²) in [6.45, 7) is 2.64. The Morgan fingerprint density at radius 1 is 0.941 bits per heavy atom. The van der Waals surface area contributed by atoms with E-state index in [1.165, 1.54) is 0 Å². The fraction of sp³-hybridized carbons (Fsp3) is 0.0952. The molecule has 0 spiro atoms. The average Bonchev–Trinajstić information content (AvgIpc) is 3.24. The second kappa shape index (κ2) is 10.0. The van der Waals surface area contributed by atoms with Gasteiger partial charge in [0, 0.05) is 18.0 Å². The second-order valence-electron chi connectivity index (χ2n) is 6.63. The maximum Gasteiger partial charge on any atom is 0.324 e. The number of hydrogen-bond acceptors (Lipinski definition) is 9. The van der Waals surface area contributed by atoms with Crippen LogP contribution in [0.25, 0.3) is 16.9 Å².